The molecule has 0 radical (unpaired) electrons. The Bertz CT molecular complexity index is 350. The van der Waals surface area contributed by atoms with Crippen LogP contribution in [0.3, 0.4) is 0 Å². The van der Waals surface area contributed by atoms with Crippen LogP contribution in [0.5, 0.6) is 5.75 Å². The van der Waals surface area contributed by atoms with Gasteiger partial charge in [0.15, 0.2) is 0 Å². The van der Waals surface area contributed by atoms with Crippen LogP contribution in [-0.2, 0) is 9.47 Å². The number of rotatable bonds is 4. The molecule has 0 saturated carbocycles. The van der Waals surface area contributed by atoms with Gasteiger partial charge in [-0.15, -0.1) is 0 Å². The molecule has 1 aromatic rings. The molecule has 92 valence electrons. The van der Waals surface area contributed by atoms with Crippen molar-refractivity contribution in [1.29, 1.82) is 0 Å². The molecule has 2 heterocycles. The van der Waals surface area contributed by atoms with Crippen molar-refractivity contribution in [2.45, 2.75) is 24.9 Å². The van der Waals surface area contributed by atoms with Gasteiger partial charge in [0.05, 0.1) is 6.61 Å². The van der Waals surface area contributed by atoms with Gasteiger partial charge < -0.3 is 14.2 Å². The summed E-state index contributed by atoms with van der Waals surface area (Å²) in [6.45, 7) is 3.31. The zero-order valence-corrected chi connectivity index (χ0v) is 9.93. The summed E-state index contributed by atoms with van der Waals surface area (Å²) in [6, 6.07) is 8.48. The molecule has 0 spiro atoms. The largest absolute Gasteiger partial charge is 0.491 e. The number of hydrogen-bond donors (Lipinski definition) is 0. The molecule has 2 aliphatic rings. The van der Waals surface area contributed by atoms with E-state index in [1.807, 2.05) is 0 Å². The molecule has 2 fully saturated rings. The Hall–Kier alpha value is -1.06. The summed E-state index contributed by atoms with van der Waals surface area (Å²) < 4.78 is 16.1. The van der Waals surface area contributed by atoms with E-state index < -0.39 is 0 Å². The van der Waals surface area contributed by atoms with Crippen LogP contribution in [0.15, 0.2) is 24.3 Å². The van der Waals surface area contributed by atoms with Gasteiger partial charge in [-0.25, -0.2) is 0 Å². The van der Waals surface area contributed by atoms with E-state index >= 15 is 0 Å². The summed E-state index contributed by atoms with van der Waals surface area (Å²) in [5, 5.41) is 0. The summed E-state index contributed by atoms with van der Waals surface area (Å²) in [7, 11) is 0. The zero-order valence-electron chi connectivity index (χ0n) is 9.93. The minimum absolute atomic E-state index is 0.324. The highest BCUT2D eigenvalue weighted by atomic mass is 16.6. The molecule has 3 heteroatoms. The predicted molar refractivity (Wildman–Crippen MR) is 64.5 cm³/mol. The first-order valence-electron chi connectivity index (χ1n) is 6.34. The third-order valence-corrected chi connectivity index (χ3v) is 3.41. The highest BCUT2D eigenvalue weighted by Crippen LogP contribution is 2.28. The van der Waals surface area contributed by atoms with Gasteiger partial charge in [-0.3, -0.25) is 0 Å². The van der Waals surface area contributed by atoms with E-state index in [1.165, 1.54) is 5.56 Å². The molecular weight excluding hydrogens is 216 g/mol. The maximum Gasteiger partial charge on any atom is 0.119 e. The van der Waals surface area contributed by atoms with E-state index in [0.29, 0.717) is 18.6 Å². The van der Waals surface area contributed by atoms with Crippen molar-refractivity contribution in [1.82, 2.24) is 0 Å². The molecule has 0 N–H and O–H groups in total. The fourth-order valence-corrected chi connectivity index (χ4v) is 2.22. The van der Waals surface area contributed by atoms with Gasteiger partial charge in [-0.2, -0.15) is 0 Å². The van der Waals surface area contributed by atoms with Crippen LogP contribution in [0, 0.1) is 0 Å². The van der Waals surface area contributed by atoms with Gasteiger partial charge in [0.1, 0.15) is 18.5 Å². The Labute approximate surface area is 102 Å². The zero-order chi connectivity index (χ0) is 11.5. The predicted octanol–water partition coefficient (Wildman–Crippen LogP) is 2.36. The molecule has 1 aromatic carbocycles. The van der Waals surface area contributed by atoms with Crippen molar-refractivity contribution in [2.24, 2.45) is 0 Å². The summed E-state index contributed by atoms with van der Waals surface area (Å²) in [4.78, 5) is 0. The van der Waals surface area contributed by atoms with Crippen LogP contribution in [0.1, 0.15) is 24.3 Å². The smallest absolute Gasteiger partial charge is 0.119 e. The van der Waals surface area contributed by atoms with Crippen molar-refractivity contribution < 1.29 is 14.2 Å². The standard InChI is InChI=1S/C14H18O3/c1-3-13(16-9-14-10-17-14)4-2-11(1)12-5-7-15-8-6-12/h1-4,12,14H,5-10H2. The monoisotopic (exact) mass is 234 g/mol. The van der Waals surface area contributed by atoms with E-state index in [0.717, 1.165) is 38.4 Å². The Morgan fingerprint density at radius 1 is 1.12 bits per heavy atom. The minimum Gasteiger partial charge on any atom is -0.491 e. The second-order valence-corrected chi connectivity index (χ2v) is 4.72. The normalized spacial score (nSPS) is 24.6. The molecule has 0 aromatic heterocycles. The quantitative estimate of drug-likeness (QED) is 0.749. The average Bonchev–Trinajstić information content (AvgIpc) is 3.22. The van der Waals surface area contributed by atoms with E-state index in [4.69, 9.17) is 14.2 Å². The fourth-order valence-electron chi connectivity index (χ4n) is 2.22. The molecule has 0 aliphatic carbocycles. The lowest BCUT2D eigenvalue weighted by molar-refractivity contribution is 0.0853. The highest BCUT2D eigenvalue weighted by molar-refractivity contribution is 5.29. The van der Waals surface area contributed by atoms with Gasteiger partial charge in [-0.05, 0) is 36.5 Å². The van der Waals surface area contributed by atoms with Crippen LogP contribution >= 0.6 is 0 Å². The van der Waals surface area contributed by atoms with Crippen molar-refractivity contribution in [3.8, 4) is 5.75 Å². The van der Waals surface area contributed by atoms with Gasteiger partial charge >= 0.3 is 0 Å². The van der Waals surface area contributed by atoms with Gasteiger partial charge in [-0.1, -0.05) is 12.1 Å². The maximum atomic E-state index is 5.62. The summed E-state index contributed by atoms with van der Waals surface area (Å²) >= 11 is 0. The number of hydrogen-bond acceptors (Lipinski definition) is 3. The molecule has 3 rings (SSSR count). The van der Waals surface area contributed by atoms with E-state index in [1.54, 1.807) is 0 Å². The van der Waals surface area contributed by atoms with Crippen LogP contribution in [-0.4, -0.2) is 32.5 Å². The molecule has 0 bridgehead atoms. The van der Waals surface area contributed by atoms with Crippen molar-refractivity contribution in [3.05, 3.63) is 29.8 Å². The van der Waals surface area contributed by atoms with E-state index in [9.17, 15) is 0 Å². The molecule has 2 saturated heterocycles. The Kier molecular flexibility index (Phi) is 3.29. The maximum absolute atomic E-state index is 5.62. The summed E-state index contributed by atoms with van der Waals surface area (Å²) in [5.41, 5.74) is 1.41. The third-order valence-electron chi connectivity index (χ3n) is 3.41. The molecule has 1 unspecified atom stereocenters. The lowest BCUT2D eigenvalue weighted by Crippen LogP contribution is -2.14. The van der Waals surface area contributed by atoms with Gasteiger partial charge in [0.2, 0.25) is 0 Å². The SMILES string of the molecule is c1cc(C2CCOCC2)ccc1OCC1CO1. The average molecular weight is 234 g/mol. The molecule has 17 heavy (non-hydrogen) atoms. The number of epoxide rings is 1. The Balaban J connectivity index is 1.58. The highest BCUT2D eigenvalue weighted by Gasteiger charge is 2.23. The first kappa shape index (κ1) is 11.1. The second kappa shape index (κ2) is 5.07. The Morgan fingerprint density at radius 3 is 2.47 bits per heavy atom. The van der Waals surface area contributed by atoms with Crippen molar-refractivity contribution in [2.75, 3.05) is 26.4 Å². The topological polar surface area (TPSA) is 31.0 Å². The summed E-state index contributed by atoms with van der Waals surface area (Å²) in [5.74, 6) is 1.60. The van der Waals surface area contributed by atoms with E-state index in [2.05, 4.69) is 24.3 Å². The van der Waals surface area contributed by atoms with Crippen LogP contribution in [0.25, 0.3) is 0 Å². The van der Waals surface area contributed by atoms with Crippen LogP contribution in [0.4, 0.5) is 0 Å². The fraction of sp³-hybridized carbons (Fsp3) is 0.571. The van der Waals surface area contributed by atoms with Crippen LogP contribution < -0.4 is 4.74 Å². The molecule has 3 nitrogen and oxygen atoms in total. The number of benzene rings is 1. The van der Waals surface area contributed by atoms with E-state index in [-0.39, 0.29) is 0 Å². The minimum atomic E-state index is 0.324. The molecule has 1 atom stereocenters. The van der Waals surface area contributed by atoms with Gasteiger partial charge in [0, 0.05) is 13.2 Å². The lowest BCUT2D eigenvalue weighted by atomic mass is 9.92. The van der Waals surface area contributed by atoms with Gasteiger partial charge in [0.25, 0.3) is 0 Å². The lowest BCUT2D eigenvalue weighted by Gasteiger charge is -2.22. The summed E-state index contributed by atoms with van der Waals surface area (Å²) in [6.07, 6.45) is 2.59. The first-order chi connectivity index (χ1) is 8.42. The van der Waals surface area contributed by atoms with Crippen molar-refractivity contribution in [3.63, 3.8) is 0 Å². The molecule has 0 amide bonds. The second-order valence-electron chi connectivity index (χ2n) is 4.72. The first-order valence-corrected chi connectivity index (χ1v) is 6.34. The van der Waals surface area contributed by atoms with Crippen LogP contribution in [0.2, 0.25) is 0 Å². The van der Waals surface area contributed by atoms with Crippen molar-refractivity contribution >= 4 is 0 Å². The molecule has 2 aliphatic heterocycles. The Morgan fingerprint density at radius 2 is 1.82 bits per heavy atom. The third kappa shape index (κ3) is 2.99. The number of ether oxygens (including phenoxy) is 3. The molecular formula is C14H18O3.